The first kappa shape index (κ1) is 7.98. The lowest BCUT2D eigenvalue weighted by atomic mass is 9.89. The van der Waals surface area contributed by atoms with Crippen molar-refractivity contribution in [1.29, 1.82) is 0 Å². The van der Waals surface area contributed by atoms with E-state index in [1.54, 1.807) is 0 Å². The monoisotopic (exact) mass is 183 g/mol. The summed E-state index contributed by atoms with van der Waals surface area (Å²) in [5.41, 5.74) is 5.36. The molecule has 1 aliphatic heterocycles. The SMILES string of the molecule is C1=C2Cc3ccccc3N=C2CCC1. The van der Waals surface area contributed by atoms with E-state index in [0.717, 1.165) is 6.42 Å². The summed E-state index contributed by atoms with van der Waals surface area (Å²) >= 11 is 0. The molecule has 0 saturated carbocycles. The average molecular weight is 183 g/mol. The summed E-state index contributed by atoms with van der Waals surface area (Å²) in [6.07, 6.45) is 7.12. The Hall–Kier alpha value is -1.37. The van der Waals surface area contributed by atoms with Gasteiger partial charge in [-0.1, -0.05) is 24.3 Å². The lowest BCUT2D eigenvalue weighted by molar-refractivity contribution is 0.852. The fourth-order valence-corrected chi connectivity index (χ4v) is 2.25. The Balaban J connectivity index is 2.13. The molecule has 1 aromatic rings. The Morgan fingerprint density at radius 3 is 3.07 bits per heavy atom. The lowest BCUT2D eigenvalue weighted by Gasteiger charge is -2.21. The van der Waals surface area contributed by atoms with Gasteiger partial charge in [0.1, 0.15) is 0 Å². The highest BCUT2D eigenvalue weighted by molar-refractivity contribution is 6.04. The van der Waals surface area contributed by atoms with Crippen molar-refractivity contribution in [3.63, 3.8) is 0 Å². The summed E-state index contributed by atoms with van der Waals surface area (Å²) in [6.45, 7) is 0. The zero-order valence-corrected chi connectivity index (χ0v) is 8.16. The van der Waals surface area contributed by atoms with Gasteiger partial charge in [0.05, 0.1) is 5.69 Å². The van der Waals surface area contributed by atoms with Crippen molar-refractivity contribution in [3.8, 4) is 0 Å². The smallest absolute Gasteiger partial charge is 0.0668 e. The maximum Gasteiger partial charge on any atom is 0.0668 e. The highest BCUT2D eigenvalue weighted by atomic mass is 14.8. The summed E-state index contributed by atoms with van der Waals surface area (Å²) in [5, 5.41) is 0. The van der Waals surface area contributed by atoms with Gasteiger partial charge in [-0.3, -0.25) is 4.99 Å². The van der Waals surface area contributed by atoms with Crippen LogP contribution in [0, 0.1) is 0 Å². The van der Waals surface area contributed by atoms with Crippen LogP contribution in [-0.4, -0.2) is 5.71 Å². The van der Waals surface area contributed by atoms with E-state index in [1.165, 1.54) is 41.8 Å². The molecular weight excluding hydrogens is 170 g/mol. The number of rotatable bonds is 0. The van der Waals surface area contributed by atoms with Crippen LogP contribution in [0.5, 0.6) is 0 Å². The molecule has 0 unspecified atom stereocenters. The van der Waals surface area contributed by atoms with E-state index in [4.69, 9.17) is 4.99 Å². The van der Waals surface area contributed by atoms with E-state index in [-0.39, 0.29) is 0 Å². The highest BCUT2D eigenvalue weighted by Gasteiger charge is 2.18. The predicted octanol–water partition coefficient (Wildman–Crippen LogP) is 3.43. The maximum atomic E-state index is 4.72. The highest BCUT2D eigenvalue weighted by Crippen LogP contribution is 2.31. The van der Waals surface area contributed by atoms with Gasteiger partial charge < -0.3 is 0 Å². The molecule has 1 aromatic carbocycles. The fourth-order valence-electron chi connectivity index (χ4n) is 2.25. The maximum absolute atomic E-state index is 4.72. The molecule has 1 aliphatic carbocycles. The quantitative estimate of drug-likeness (QED) is 0.584. The Kier molecular flexibility index (Phi) is 1.76. The predicted molar refractivity (Wildman–Crippen MR) is 59.2 cm³/mol. The number of hydrogen-bond donors (Lipinski definition) is 0. The molecule has 1 heteroatoms. The molecule has 0 atom stereocenters. The van der Waals surface area contributed by atoms with Gasteiger partial charge in [0.25, 0.3) is 0 Å². The minimum absolute atomic E-state index is 1.09. The molecule has 1 heterocycles. The van der Waals surface area contributed by atoms with Crippen LogP contribution in [0.15, 0.2) is 40.9 Å². The van der Waals surface area contributed by atoms with Crippen molar-refractivity contribution in [1.82, 2.24) is 0 Å². The van der Waals surface area contributed by atoms with Gasteiger partial charge in [0.2, 0.25) is 0 Å². The minimum atomic E-state index is 1.09. The number of allylic oxidation sites excluding steroid dienone is 2. The Bertz CT molecular complexity index is 427. The molecule has 0 aromatic heterocycles. The molecule has 14 heavy (non-hydrogen) atoms. The van der Waals surface area contributed by atoms with Crippen LogP contribution < -0.4 is 0 Å². The first-order valence-electron chi connectivity index (χ1n) is 5.28. The van der Waals surface area contributed by atoms with Crippen molar-refractivity contribution < 1.29 is 0 Å². The van der Waals surface area contributed by atoms with E-state index in [9.17, 15) is 0 Å². The van der Waals surface area contributed by atoms with E-state index >= 15 is 0 Å². The van der Waals surface area contributed by atoms with Gasteiger partial charge in [-0.25, -0.2) is 0 Å². The molecule has 0 fully saturated rings. The fraction of sp³-hybridized carbons (Fsp3) is 0.308. The molecule has 0 spiro atoms. The topological polar surface area (TPSA) is 12.4 Å². The largest absolute Gasteiger partial charge is 0.253 e. The van der Waals surface area contributed by atoms with E-state index in [1.807, 2.05) is 0 Å². The van der Waals surface area contributed by atoms with E-state index in [0.29, 0.717) is 0 Å². The third-order valence-electron chi connectivity index (χ3n) is 3.01. The Labute approximate surface area is 84.2 Å². The van der Waals surface area contributed by atoms with E-state index in [2.05, 4.69) is 30.3 Å². The number of benzene rings is 1. The summed E-state index contributed by atoms with van der Waals surface area (Å²) in [5.74, 6) is 0. The lowest BCUT2D eigenvalue weighted by Crippen LogP contribution is -2.13. The van der Waals surface area contributed by atoms with Gasteiger partial charge >= 0.3 is 0 Å². The summed E-state index contributed by atoms with van der Waals surface area (Å²) < 4.78 is 0. The molecule has 0 amide bonds. The van der Waals surface area contributed by atoms with Crippen LogP contribution in [0.3, 0.4) is 0 Å². The molecule has 3 rings (SSSR count). The average Bonchev–Trinajstić information content (AvgIpc) is 2.26. The van der Waals surface area contributed by atoms with Crippen molar-refractivity contribution in [2.45, 2.75) is 25.7 Å². The molecule has 2 aliphatic rings. The zero-order chi connectivity index (χ0) is 9.38. The standard InChI is InChI=1S/C13H13N/c1-3-7-12-10(5-1)9-11-6-2-4-8-13(11)14-12/h1,3,5-7H,2,4,8-9H2. The first-order chi connectivity index (χ1) is 6.93. The van der Waals surface area contributed by atoms with Crippen molar-refractivity contribution in [2.24, 2.45) is 4.99 Å². The normalized spacial score (nSPS) is 19.1. The molecule has 0 bridgehead atoms. The number of nitrogens with zero attached hydrogens (tertiary/aromatic N) is 1. The summed E-state index contributed by atoms with van der Waals surface area (Å²) in [7, 11) is 0. The Morgan fingerprint density at radius 1 is 1.14 bits per heavy atom. The zero-order valence-electron chi connectivity index (χ0n) is 8.16. The van der Waals surface area contributed by atoms with Gasteiger partial charge in [-0.15, -0.1) is 0 Å². The van der Waals surface area contributed by atoms with Crippen LogP contribution in [0.2, 0.25) is 0 Å². The molecular formula is C13H13N. The Morgan fingerprint density at radius 2 is 2.07 bits per heavy atom. The van der Waals surface area contributed by atoms with Gasteiger partial charge in [0, 0.05) is 12.1 Å². The minimum Gasteiger partial charge on any atom is -0.253 e. The van der Waals surface area contributed by atoms with Crippen molar-refractivity contribution in [3.05, 3.63) is 41.5 Å². The third-order valence-corrected chi connectivity index (χ3v) is 3.01. The van der Waals surface area contributed by atoms with Crippen LogP contribution in [0.4, 0.5) is 5.69 Å². The van der Waals surface area contributed by atoms with Crippen LogP contribution in [0.1, 0.15) is 24.8 Å². The second kappa shape index (κ2) is 3.09. The second-order valence-corrected chi connectivity index (χ2v) is 3.99. The number of para-hydroxylation sites is 1. The van der Waals surface area contributed by atoms with Crippen LogP contribution in [-0.2, 0) is 6.42 Å². The summed E-state index contributed by atoms with van der Waals surface area (Å²) in [4.78, 5) is 4.72. The molecule has 70 valence electrons. The molecule has 0 saturated heterocycles. The third kappa shape index (κ3) is 1.20. The van der Waals surface area contributed by atoms with Crippen LogP contribution >= 0.6 is 0 Å². The van der Waals surface area contributed by atoms with Gasteiger partial charge in [-0.05, 0) is 36.5 Å². The number of aliphatic imine (C=N–C) groups is 1. The van der Waals surface area contributed by atoms with Crippen molar-refractivity contribution in [2.75, 3.05) is 0 Å². The second-order valence-electron chi connectivity index (χ2n) is 3.99. The summed E-state index contributed by atoms with van der Waals surface area (Å²) in [6, 6.07) is 8.47. The van der Waals surface area contributed by atoms with Crippen molar-refractivity contribution >= 4 is 11.4 Å². The van der Waals surface area contributed by atoms with E-state index < -0.39 is 0 Å². The number of fused-ring (bicyclic) bond motifs is 2. The van der Waals surface area contributed by atoms with Gasteiger partial charge in [-0.2, -0.15) is 0 Å². The molecule has 0 N–H and O–H groups in total. The number of hydrogen-bond acceptors (Lipinski definition) is 1. The van der Waals surface area contributed by atoms with Gasteiger partial charge in [0.15, 0.2) is 0 Å². The van der Waals surface area contributed by atoms with Crippen LogP contribution in [0.25, 0.3) is 0 Å². The molecule has 0 radical (unpaired) electrons. The first-order valence-corrected chi connectivity index (χ1v) is 5.28. The molecule has 1 nitrogen and oxygen atoms in total.